The van der Waals surface area contributed by atoms with E-state index in [2.05, 4.69) is 32.9 Å². The van der Waals surface area contributed by atoms with E-state index in [-0.39, 0.29) is 28.4 Å². The molecule has 0 aliphatic carbocycles. The number of carbonyl (C=O) groups excluding carboxylic acids is 1. The molecule has 38 heavy (non-hydrogen) atoms. The number of aliphatic hydroxyl groups is 1. The van der Waals surface area contributed by atoms with E-state index in [4.69, 9.17) is 9.47 Å². The van der Waals surface area contributed by atoms with Gasteiger partial charge in [-0.25, -0.2) is 4.79 Å². The number of aliphatic hydroxyl groups excluding tert-OH is 1. The number of rotatable bonds is 12. The van der Waals surface area contributed by atoms with Crippen molar-refractivity contribution in [3.8, 4) is 11.5 Å². The Balaban J connectivity index is 2.12. The lowest BCUT2D eigenvalue weighted by atomic mass is 10.0. The van der Waals surface area contributed by atoms with E-state index in [1.807, 2.05) is 6.92 Å². The minimum atomic E-state index is -1.28. The molecule has 0 radical (unpaired) electrons. The maximum atomic E-state index is 12.3. The topological polar surface area (TPSA) is 142 Å². The monoisotopic (exact) mass is 524 g/mol. The van der Waals surface area contributed by atoms with Crippen LogP contribution in [0, 0.1) is 20.2 Å². The van der Waals surface area contributed by atoms with Crippen molar-refractivity contribution >= 4 is 17.5 Å². The molecule has 202 valence electrons. The van der Waals surface area contributed by atoms with E-state index in [9.17, 15) is 30.1 Å². The summed E-state index contributed by atoms with van der Waals surface area (Å²) >= 11 is 0. The van der Waals surface area contributed by atoms with Crippen molar-refractivity contribution in [1.29, 1.82) is 0 Å². The minimum absolute atomic E-state index is 0.00421. The van der Waals surface area contributed by atoms with Gasteiger partial charge in [0, 0.05) is 29.8 Å². The predicted molar refractivity (Wildman–Crippen MR) is 143 cm³/mol. The fraction of sp³-hybridized carbons (Fsp3) is 0.321. The summed E-state index contributed by atoms with van der Waals surface area (Å²) in [4.78, 5) is 33.2. The summed E-state index contributed by atoms with van der Waals surface area (Å²) in [6, 6.07) is 8.27. The Morgan fingerprint density at radius 3 is 2.05 bits per heavy atom. The smallest absolute Gasteiger partial charge is 0.395 e. The second kappa shape index (κ2) is 14.4. The molecule has 0 saturated heterocycles. The van der Waals surface area contributed by atoms with E-state index in [0.717, 1.165) is 49.1 Å². The van der Waals surface area contributed by atoms with Crippen molar-refractivity contribution in [2.45, 2.75) is 59.5 Å². The van der Waals surface area contributed by atoms with E-state index < -0.39 is 22.1 Å². The van der Waals surface area contributed by atoms with Gasteiger partial charge in [0.15, 0.2) is 0 Å². The Labute approximate surface area is 221 Å². The molecule has 1 unspecified atom stereocenters. The molecule has 0 spiro atoms. The van der Waals surface area contributed by atoms with Crippen LogP contribution in [0.5, 0.6) is 11.5 Å². The van der Waals surface area contributed by atoms with Crippen LogP contribution in [-0.2, 0) is 0 Å². The van der Waals surface area contributed by atoms with Gasteiger partial charge in [0.25, 0.3) is 11.4 Å². The van der Waals surface area contributed by atoms with Crippen LogP contribution >= 0.6 is 0 Å². The zero-order valence-corrected chi connectivity index (χ0v) is 21.9. The van der Waals surface area contributed by atoms with Crippen LogP contribution in [-0.4, -0.2) is 21.1 Å². The molecule has 0 bridgehead atoms. The average molecular weight is 525 g/mol. The van der Waals surface area contributed by atoms with Crippen LogP contribution in [0.4, 0.5) is 16.2 Å². The van der Waals surface area contributed by atoms with Crippen LogP contribution in [0.25, 0.3) is 0 Å². The second-order valence-electron chi connectivity index (χ2n) is 9.05. The largest absolute Gasteiger partial charge is 0.519 e. The molecule has 0 saturated carbocycles. The van der Waals surface area contributed by atoms with Crippen molar-refractivity contribution in [1.82, 2.24) is 0 Å². The summed E-state index contributed by atoms with van der Waals surface area (Å²) in [5, 5.41) is 32.9. The van der Waals surface area contributed by atoms with Gasteiger partial charge < -0.3 is 14.6 Å². The van der Waals surface area contributed by atoms with Crippen LogP contribution < -0.4 is 9.47 Å². The van der Waals surface area contributed by atoms with Crippen molar-refractivity contribution in [2.24, 2.45) is 0 Å². The number of nitro benzene ring substituents is 2. The van der Waals surface area contributed by atoms with Gasteiger partial charge in [0.1, 0.15) is 17.6 Å². The first-order valence-corrected chi connectivity index (χ1v) is 12.0. The number of allylic oxidation sites excluding steroid dienone is 5. The molecular weight excluding hydrogens is 492 g/mol. The first kappa shape index (κ1) is 29.9. The number of nitro groups is 2. The van der Waals surface area contributed by atoms with Gasteiger partial charge in [-0.05, 0) is 71.6 Å². The highest BCUT2D eigenvalue weighted by Gasteiger charge is 2.20. The molecule has 0 heterocycles. The van der Waals surface area contributed by atoms with E-state index >= 15 is 0 Å². The number of benzene rings is 2. The molecule has 10 nitrogen and oxygen atoms in total. The highest BCUT2D eigenvalue weighted by Crippen LogP contribution is 2.32. The molecule has 0 aromatic heterocycles. The van der Waals surface area contributed by atoms with Gasteiger partial charge in [-0.3, -0.25) is 20.2 Å². The standard InChI is InChI=1S/C28H32N2O8/c1-19(2)7-5-8-20(3)9-6-10-21(4)17-26(31)25-18-23(30(35)36)13-16-27(25)38-28(32)37-24-14-11-22(12-15-24)29(33)34/h7,9,11-18,26,31H,5-6,8,10H2,1-4H3/b20-9+,21-17+. The SMILES string of the molecule is CC(C)=CCC/C(C)=C/CC/C(C)=C/C(O)c1cc([N+](=O)[O-])ccc1OC(=O)Oc1ccc([N+](=O)[O-])cc1. The third-order valence-corrected chi connectivity index (χ3v) is 5.53. The lowest BCUT2D eigenvalue weighted by molar-refractivity contribution is -0.385. The zero-order valence-electron chi connectivity index (χ0n) is 21.9. The van der Waals surface area contributed by atoms with E-state index in [1.54, 1.807) is 6.08 Å². The molecule has 0 aliphatic heterocycles. The molecule has 2 aromatic rings. The minimum Gasteiger partial charge on any atom is -0.395 e. The van der Waals surface area contributed by atoms with Crippen LogP contribution in [0.1, 0.15) is 65.0 Å². The number of non-ortho nitro benzene ring substituents is 2. The Morgan fingerprint density at radius 2 is 1.45 bits per heavy atom. The number of ether oxygens (including phenoxy) is 2. The molecule has 2 aromatic carbocycles. The summed E-state index contributed by atoms with van der Waals surface area (Å²) in [6.07, 6.45) is 6.86. The third kappa shape index (κ3) is 9.98. The fourth-order valence-corrected chi connectivity index (χ4v) is 3.50. The summed E-state index contributed by atoms with van der Waals surface area (Å²) in [5.41, 5.74) is 2.98. The van der Waals surface area contributed by atoms with Gasteiger partial charge in [0.2, 0.25) is 0 Å². The maximum Gasteiger partial charge on any atom is 0.519 e. The quantitative estimate of drug-likeness (QED) is 0.0986. The van der Waals surface area contributed by atoms with E-state index in [0.29, 0.717) is 6.42 Å². The molecule has 2 rings (SSSR count). The molecular formula is C28H32N2O8. The normalized spacial score (nSPS) is 12.4. The van der Waals surface area contributed by atoms with Crippen molar-refractivity contribution < 1.29 is 29.2 Å². The van der Waals surface area contributed by atoms with Crippen LogP contribution in [0.3, 0.4) is 0 Å². The van der Waals surface area contributed by atoms with Crippen LogP contribution in [0.2, 0.25) is 0 Å². The molecule has 0 fully saturated rings. The molecule has 0 amide bonds. The summed E-state index contributed by atoms with van der Waals surface area (Å²) < 4.78 is 10.2. The van der Waals surface area contributed by atoms with Crippen LogP contribution in [0.15, 0.2) is 77.4 Å². The number of hydrogen-bond acceptors (Lipinski definition) is 8. The van der Waals surface area contributed by atoms with Gasteiger partial charge in [-0.1, -0.05) is 34.9 Å². The Morgan fingerprint density at radius 1 is 0.868 bits per heavy atom. The van der Waals surface area contributed by atoms with Crippen molar-refractivity contribution in [3.05, 3.63) is 103 Å². The lowest BCUT2D eigenvalue weighted by Crippen LogP contribution is -2.15. The number of hydrogen-bond donors (Lipinski definition) is 1. The Bertz CT molecular complexity index is 1240. The highest BCUT2D eigenvalue weighted by molar-refractivity contribution is 5.68. The summed E-state index contributed by atoms with van der Waals surface area (Å²) in [7, 11) is 0. The van der Waals surface area contributed by atoms with Crippen molar-refractivity contribution in [2.75, 3.05) is 0 Å². The lowest BCUT2D eigenvalue weighted by Gasteiger charge is -2.14. The molecule has 1 atom stereocenters. The summed E-state index contributed by atoms with van der Waals surface area (Å²) in [6.45, 7) is 8.06. The fourth-order valence-electron chi connectivity index (χ4n) is 3.50. The average Bonchev–Trinajstić information content (AvgIpc) is 2.84. The second-order valence-corrected chi connectivity index (χ2v) is 9.05. The summed E-state index contributed by atoms with van der Waals surface area (Å²) in [5.74, 6) is -0.112. The van der Waals surface area contributed by atoms with Gasteiger partial charge in [-0.2, -0.15) is 0 Å². The zero-order chi connectivity index (χ0) is 28.2. The Hall–Kier alpha value is -4.31. The van der Waals surface area contributed by atoms with Gasteiger partial charge in [0.05, 0.1) is 9.85 Å². The number of nitrogens with zero attached hydrogens (tertiary/aromatic N) is 2. The third-order valence-electron chi connectivity index (χ3n) is 5.53. The number of carbonyl (C=O) groups is 1. The first-order chi connectivity index (χ1) is 18.0. The van der Waals surface area contributed by atoms with Crippen molar-refractivity contribution in [3.63, 3.8) is 0 Å². The molecule has 0 aliphatic rings. The van der Waals surface area contributed by atoms with Gasteiger partial charge in [-0.15, -0.1) is 0 Å². The maximum absolute atomic E-state index is 12.3. The Kier molecular flexibility index (Phi) is 11.4. The van der Waals surface area contributed by atoms with Gasteiger partial charge >= 0.3 is 6.16 Å². The predicted octanol–water partition coefficient (Wildman–Crippen LogP) is 7.53. The molecule has 1 N–H and O–H groups in total. The van der Waals surface area contributed by atoms with E-state index in [1.165, 1.54) is 29.3 Å². The highest BCUT2D eigenvalue weighted by atomic mass is 16.7. The first-order valence-electron chi connectivity index (χ1n) is 12.0. The molecule has 10 heteroatoms.